The molecule has 0 unspecified atom stereocenters. The van der Waals surface area contributed by atoms with Crippen LogP contribution < -0.4 is 10.6 Å². The number of benzene rings is 1. The molecule has 29 heavy (non-hydrogen) atoms. The van der Waals surface area contributed by atoms with Crippen molar-refractivity contribution in [2.75, 3.05) is 5.32 Å². The van der Waals surface area contributed by atoms with Crippen molar-refractivity contribution in [3.8, 4) is 11.5 Å². The number of furan rings is 1. The summed E-state index contributed by atoms with van der Waals surface area (Å²) >= 11 is 0. The first-order chi connectivity index (χ1) is 14.2. The van der Waals surface area contributed by atoms with E-state index in [2.05, 4.69) is 25.8 Å². The summed E-state index contributed by atoms with van der Waals surface area (Å²) in [7, 11) is 0. The monoisotopic (exact) mass is 389 g/mol. The molecule has 0 saturated heterocycles. The van der Waals surface area contributed by atoms with Gasteiger partial charge in [0.1, 0.15) is 11.6 Å². The lowest BCUT2D eigenvalue weighted by Gasteiger charge is -2.10. The van der Waals surface area contributed by atoms with Crippen molar-refractivity contribution < 1.29 is 13.7 Å². The van der Waals surface area contributed by atoms with E-state index in [1.165, 1.54) is 0 Å². The summed E-state index contributed by atoms with van der Waals surface area (Å²) in [4.78, 5) is 21.0. The fourth-order valence-corrected chi connectivity index (χ4v) is 2.82. The molecule has 0 radical (unpaired) electrons. The van der Waals surface area contributed by atoms with Crippen LogP contribution in [0.15, 0.2) is 69.9 Å². The molecule has 146 valence electrons. The molecule has 0 bridgehead atoms. The Morgan fingerprint density at radius 1 is 1.10 bits per heavy atom. The Morgan fingerprint density at radius 3 is 2.83 bits per heavy atom. The molecule has 1 amide bonds. The van der Waals surface area contributed by atoms with Crippen molar-refractivity contribution in [2.24, 2.45) is 0 Å². The van der Waals surface area contributed by atoms with Crippen LogP contribution >= 0.6 is 0 Å². The standard InChI is InChI=1S/C21H19N5O3/c1-14-25-21(29-26-14)18-8-3-9-22-19(18)23-12-15-5-2-6-16(11-15)20(27)24-13-17-7-4-10-28-17/h2-11H,12-13H2,1H3,(H,22,23)(H,24,27). The van der Waals surface area contributed by atoms with E-state index in [0.29, 0.717) is 41.9 Å². The van der Waals surface area contributed by atoms with Gasteiger partial charge in [-0.3, -0.25) is 4.79 Å². The van der Waals surface area contributed by atoms with E-state index >= 15 is 0 Å². The molecule has 8 nitrogen and oxygen atoms in total. The Labute approximate surface area is 167 Å². The number of amides is 1. The summed E-state index contributed by atoms with van der Waals surface area (Å²) in [5.41, 5.74) is 2.24. The second kappa shape index (κ2) is 8.39. The predicted octanol–water partition coefficient (Wildman–Crippen LogP) is 3.58. The van der Waals surface area contributed by atoms with Gasteiger partial charge in [-0.15, -0.1) is 0 Å². The van der Waals surface area contributed by atoms with Gasteiger partial charge in [0, 0.05) is 18.3 Å². The Bertz CT molecular complexity index is 1100. The molecule has 0 fully saturated rings. The quantitative estimate of drug-likeness (QED) is 0.498. The van der Waals surface area contributed by atoms with Crippen LogP contribution in [0.25, 0.3) is 11.5 Å². The second-order valence-electron chi connectivity index (χ2n) is 6.36. The Hall–Kier alpha value is -3.94. The first-order valence-corrected chi connectivity index (χ1v) is 9.08. The third-order valence-corrected chi connectivity index (χ3v) is 4.22. The number of nitrogens with one attached hydrogen (secondary N) is 2. The van der Waals surface area contributed by atoms with Gasteiger partial charge in [-0.25, -0.2) is 4.98 Å². The maximum atomic E-state index is 12.4. The summed E-state index contributed by atoms with van der Waals surface area (Å²) in [6.07, 6.45) is 3.27. The highest BCUT2D eigenvalue weighted by molar-refractivity contribution is 5.94. The highest BCUT2D eigenvalue weighted by Gasteiger charge is 2.13. The molecule has 0 aliphatic carbocycles. The van der Waals surface area contributed by atoms with Crippen LogP contribution in [0.3, 0.4) is 0 Å². The highest BCUT2D eigenvalue weighted by atomic mass is 16.5. The van der Waals surface area contributed by atoms with Gasteiger partial charge in [-0.1, -0.05) is 17.3 Å². The van der Waals surface area contributed by atoms with Crippen LogP contribution in [0, 0.1) is 6.92 Å². The minimum atomic E-state index is -0.164. The van der Waals surface area contributed by atoms with Crippen LogP contribution in [0.2, 0.25) is 0 Å². The van der Waals surface area contributed by atoms with Crippen molar-refractivity contribution in [1.29, 1.82) is 0 Å². The number of pyridine rings is 1. The molecular weight excluding hydrogens is 370 g/mol. The molecule has 8 heteroatoms. The summed E-state index contributed by atoms with van der Waals surface area (Å²) in [6, 6.07) is 14.7. The number of rotatable bonds is 7. The molecule has 0 aliphatic rings. The number of hydrogen-bond donors (Lipinski definition) is 2. The van der Waals surface area contributed by atoms with Crippen LogP contribution in [0.4, 0.5) is 5.82 Å². The van der Waals surface area contributed by atoms with Crippen LogP contribution in [0.1, 0.15) is 27.5 Å². The number of hydrogen-bond acceptors (Lipinski definition) is 7. The fourth-order valence-electron chi connectivity index (χ4n) is 2.82. The van der Waals surface area contributed by atoms with Gasteiger partial charge < -0.3 is 19.6 Å². The van der Waals surface area contributed by atoms with Crippen molar-refractivity contribution in [1.82, 2.24) is 20.4 Å². The molecular formula is C21H19N5O3. The predicted molar refractivity (Wildman–Crippen MR) is 106 cm³/mol. The van der Waals surface area contributed by atoms with Crippen molar-refractivity contribution >= 4 is 11.7 Å². The number of nitrogens with zero attached hydrogens (tertiary/aromatic N) is 3. The van der Waals surface area contributed by atoms with Crippen LogP contribution in [-0.2, 0) is 13.1 Å². The highest BCUT2D eigenvalue weighted by Crippen LogP contribution is 2.24. The number of carbonyl (C=O) groups is 1. The Balaban J connectivity index is 1.43. The summed E-state index contributed by atoms with van der Waals surface area (Å²) in [5.74, 6) is 2.13. The summed E-state index contributed by atoms with van der Waals surface area (Å²) in [6.45, 7) is 2.59. The Kier molecular flexibility index (Phi) is 5.33. The lowest BCUT2D eigenvalue weighted by atomic mass is 10.1. The molecule has 0 spiro atoms. The lowest BCUT2D eigenvalue weighted by molar-refractivity contribution is 0.0948. The van der Waals surface area contributed by atoms with Crippen LogP contribution in [0.5, 0.6) is 0 Å². The van der Waals surface area contributed by atoms with Crippen molar-refractivity contribution in [2.45, 2.75) is 20.0 Å². The lowest BCUT2D eigenvalue weighted by Crippen LogP contribution is -2.22. The summed E-state index contributed by atoms with van der Waals surface area (Å²) < 4.78 is 10.5. The maximum absolute atomic E-state index is 12.4. The zero-order valence-electron chi connectivity index (χ0n) is 15.8. The number of aromatic nitrogens is 3. The molecule has 4 rings (SSSR count). The van der Waals surface area contributed by atoms with Gasteiger partial charge >= 0.3 is 0 Å². The van der Waals surface area contributed by atoms with Gasteiger partial charge in [0.2, 0.25) is 0 Å². The zero-order chi connectivity index (χ0) is 20.1. The third-order valence-electron chi connectivity index (χ3n) is 4.22. The molecule has 3 heterocycles. The van der Waals surface area contributed by atoms with Gasteiger partial charge in [0.05, 0.1) is 18.4 Å². The van der Waals surface area contributed by atoms with E-state index in [1.54, 1.807) is 31.5 Å². The van der Waals surface area contributed by atoms with Crippen molar-refractivity contribution in [3.05, 3.63) is 83.7 Å². The molecule has 1 aromatic carbocycles. The average molecular weight is 389 g/mol. The van der Waals surface area contributed by atoms with Gasteiger partial charge in [0.15, 0.2) is 5.82 Å². The van der Waals surface area contributed by atoms with E-state index in [9.17, 15) is 4.79 Å². The zero-order valence-corrected chi connectivity index (χ0v) is 15.8. The normalized spacial score (nSPS) is 10.7. The van der Waals surface area contributed by atoms with E-state index in [4.69, 9.17) is 8.94 Å². The number of aryl methyl sites for hydroxylation is 1. The molecule has 2 N–H and O–H groups in total. The fraction of sp³-hybridized carbons (Fsp3) is 0.143. The van der Waals surface area contributed by atoms with E-state index in [0.717, 1.165) is 11.1 Å². The molecule has 0 atom stereocenters. The first-order valence-electron chi connectivity index (χ1n) is 9.08. The first kappa shape index (κ1) is 18.4. The minimum absolute atomic E-state index is 0.164. The minimum Gasteiger partial charge on any atom is -0.467 e. The molecule has 0 saturated carbocycles. The number of carbonyl (C=O) groups excluding carboxylic acids is 1. The van der Waals surface area contributed by atoms with Gasteiger partial charge in [0.25, 0.3) is 11.8 Å². The van der Waals surface area contributed by atoms with E-state index in [-0.39, 0.29) is 5.91 Å². The second-order valence-corrected chi connectivity index (χ2v) is 6.36. The molecule has 3 aromatic heterocycles. The third kappa shape index (κ3) is 4.49. The number of anilines is 1. The topological polar surface area (TPSA) is 106 Å². The smallest absolute Gasteiger partial charge is 0.261 e. The van der Waals surface area contributed by atoms with Gasteiger partial charge in [-0.2, -0.15) is 4.98 Å². The van der Waals surface area contributed by atoms with E-state index < -0.39 is 0 Å². The largest absolute Gasteiger partial charge is 0.467 e. The summed E-state index contributed by atoms with van der Waals surface area (Å²) in [5, 5.41) is 9.94. The van der Waals surface area contributed by atoms with Crippen molar-refractivity contribution in [3.63, 3.8) is 0 Å². The Morgan fingerprint density at radius 2 is 2.03 bits per heavy atom. The van der Waals surface area contributed by atoms with Gasteiger partial charge in [-0.05, 0) is 48.9 Å². The molecule has 4 aromatic rings. The van der Waals surface area contributed by atoms with E-state index in [1.807, 2.05) is 36.4 Å². The maximum Gasteiger partial charge on any atom is 0.261 e. The molecule has 0 aliphatic heterocycles. The van der Waals surface area contributed by atoms with Crippen LogP contribution in [-0.4, -0.2) is 21.0 Å². The average Bonchev–Trinajstić information content (AvgIpc) is 3.42. The SMILES string of the molecule is Cc1noc(-c2cccnc2NCc2cccc(C(=O)NCc3ccco3)c2)n1.